The third kappa shape index (κ3) is 2.52. The molecule has 1 aliphatic heterocycles. The molecule has 19 heavy (non-hydrogen) atoms. The Morgan fingerprint density at radius 2 is 2.16 bits per heavy atom. The van der Waals surface area contributed by atoms with E-state index in [1.54, 1.807) is 0 Å². The van der Waals surface area contributed by atoms with Crippen molar-refractivity contribution in [1.82, 2.24) is 9.88 Å². The van der Waals surface area contributed by atoms with Crippen LogP contribution in [0.25, 0.3) is 0 Å². The van der Waals surface area contributed by atoms with Crippen LogP contribution in [0.1, 0.15) is 34.9 Å². The maximum absolute atomic E-state index is 12.2. The molecule has 3 rings (SSSR count). The Bertz CT molecular complexity index is 537. The SMILES string of the molecule is O=C(c1cnco1)N1CCCC(c2ccccc2)C1. The molecular weight excluding hydrogens is 240 g/mol. The predicted molar refractivity (Wildman–Crippen MR) is 70.8 cm³/mol. The van der Waals surface area contributed by atoms with Gasteiger partial charge in [0.05, 0.1) is 6.20 Å². The van der Waals surface area contributed by atoms with Crippen LogP contribution in [0.4, 0.5) is 0 Å². The summed E-state index contributed by atoms with van der Waals surface area (Å²) < 4.78 is 5.09. The zero-order valence-corrected chi connectivity index (χ0v) is 10.7. The minimum Gasteiger partial charge on any atom is -0.438 e. The van der Waals surface area contributed by atoms with Gasteiger partial charge in [-0.15, -0.1) is 0 Å². The molecule has 0 N–H and O–H groups in total. The van der Waals surface area contributed by atoms with Gasteiger partial charge in [0, 0.05) is 19.0 Å². The first kappa shape index (κ1) is 12.0. The van der Waals surface area contributed by atoms with E-state index in [-0.39, 0.29) is 5.91 Å². The lowest BCUT2D eigenvalue weighted by atomic mass is 9.90. The molecule has 1 aromatic carbocycles. The van der Waals surface area contributed by atoms with E-state index in [1.165, 1.54) is 18.2 Å². The Kier molecular flexibility index (Phi) is 3.31. The summed E-state index contributed by atoms with van der Waals surface area (Å²) in [5.74, 6) is 0.689. The summed E-state index contributed by atoms with van der Waals surface area (Å²) in [6.45, 7) is 1.55. The largest absolute Gasteiger partial charge is 0.438 e. The van der Waals surface area contributed by atoms with Crippen molar-refractivity contribution >= 4 is 5.91 Å². The van der Waals surface area contributed by atoms with E-state index in [0.717, 1.165) is 25.9 Å². The highest BCUT2D eigenvalue weighted by Crippen LogP contribution is 2.27. The van der Waals surface area contributed by atoms with E-state index >= 15 is 0 Å². The minimum atomic E-state index is -0.0573. The highest BCUT2D eigenvalue weighted by Gasteiger charge is 2.26. The Balaban J connectivity index is 1.73. The molecule has 1 aromatic heterocycles. The lowest BCUT2D eigenvalue weighted by molar-refractivity contribution is 0.0675. The monoisotopic (exact) mass is 256 g/mol. The Labute approximate surface area is 112 Å². The Hall–Kier alpha value is -2.10. The van der Waals surface area contributed by atoms with Crippen LogP contribution in [0.5, 0.6) is 0 Å². The fourth-order valence-electron chi connectivity index (χ4n) is 2.64. The first-order valence-corrected chi connectivity index (χ1v) is 6.57. The maximum Gasteiger partial charge on any atom is 0.291 e. The van der Waals surface area contributed by atoms with Crippen LogP contribution in [0.3, 0.4) is 0 Å². The number of amides is 1. The van der Waals surface area contributed by atoms with E-state index in [0.29, 0.717) is 11.7 Å². The maximum atomic E-state index is 12.2. The predicted octanol–water partition coefficient (Wildman–Crippen LogP) is 2.69. The van der Waals surface area contributed by atoms with Crippen LogP contribution in [-0.4, -0.2) is 28.9 Å². The number of aromatic nitrogens is 1. The number of likely N-dealkylation sites (tertiary alicyclic amines) is 1. The van der Waals surface area contributed by atoms with Crippen LogP contribution < -0.4 is 0 Å². The molecule has 1 fully saturated rings. The second-order valence-electron chi connectivity index (χ2n) is 4.87. The number of carbonyl (C=O) groups excluding carboxylic acids is 1. The van der Waals surface area contributed by atoms with Gasteiger partial charge in [-0.05, 0) is 18.4 Å². The van der Waals surface area contributed by atoms with Gasteiger partial charge in [-0.3, -0.25) is 4.79 Å². The molecule has 0 bridgehead atoms. The molecule has 1 amide bonds. The van der Waals surface area contributed by atoms with E-state index in [9.17, 15) is 4.79 Å². The molecule has 1 saturated heterocycles. The lowest BCUT2D eigenvalue weighted by Crippen LogP contribution is -2.38. The van der Waals surface area contributed by atoms with Crippen molar-refractivity contribution in [3.63, 3.8) is 0 Å². The summed E-state index contributed by atoms with van der Waals surface area (Å²) >= 11 is 0. The zero-order valence-electron chi connectivity index (χ0n) is 10.7. The summed E-state index contributed by atoms with van der Waals surface area (Å²) in [4.78, 5) is 17.9. The van der Waals surface area contributed by atoms with Gasteiger partial charge in [0.15, 0.2) is 6.39 Å². The third-order valence-electron chi connectivity index (χ3n) is 3.62. The molecular formula is C15H16N2O2. The first-order valence-electron chi connectivity index (χ1n) is 6.57. The van der Waals surface area contributed by atoms with Gasteiger partial charge in [0.25, 0.3) is 5.91 Å². The van der Waals surface area contributed by atoms with Crippen molar-refractivity contribution in [1.29, 1.82) is 0 Å². The highest BCUT2D eigenvalue weighted by molar-refractivity contribution is 5.91. The molecule has 4 nitrogen and oxygen atoms in total. The van der Waals surface area contributed by atoms with Gasteiger partial charge in [0.2, 0.25) is 5.76 Å². The molecule has 0 aliphatic carbocycles. The van der Waals surface area contributed by atoms with E-state index in [1.807, 2.05) is 23.1 Å². The van der Waals surface area contributed by atoms with Crippen LogP contribution in [0, 0.1) is 0 Å². The highest BCUT2D eigenvalue weighted by atomic mass is 16.3. The lowest BCUT2D eigenvalue weighted by Gasteiger charge is -2.32. The van der Waals surface area contributed by atoms with Crippen molar-refractivity contribution in [2.24, 2.45) is 0 Å². The molecule has 0 spiro atoms. The zero-order chi connectivity index (χ0) is 13.1. The average Bonchev–Trinajstić information content (AvgIpc) is 3.02. The number of rotatable bonds is 2. The number of piperidine rings is 1. The summed E-state index contributed by atoms with van der Waals surface area (Å²) in [5.41, 5.74) is 1.30. The quantitative estimate of drug-likeness (QED) is 0.830. The number of nitrogens with zero attached hydrogens (tertiary/aromatic N) is 2. The molecule has 2 heterocycles. The van der Waals surface area contributed by atoms with Gasteiger partial charge in [-0.1, -0.05) is 30.3 Å². The second-order valence-corrected chi connectivity index (χ2v) is 4.87. The number of hydrogen-bond acceptors (Lipinski definition) is 3. The molecule has 2 aromatic rings. The summed E-state index contributed by atoms with van der Waals surface area (Å²) in [6.07, 6.45) is 4.93. The van der Waals surface area contributed by atoms with Gasteiger partial charge < -0.3 is 9.32 Å². The first-order chi connectivity index (χ1) is 9.34. The van der Waals surface area contributed by atoms with Crippen LogP contribution >= 0.6 is 0 Å². The molecule has 1 atom stereocenters. The van der Waals surface area contributed by atoms with Gasteiger partial charge in [-0.25, -0.2) is 4.98 Å². The Morgan fingerprint density at radius 1 is 1.32 bits per heavy atom. The van der Waals surface area contributed by atoms with Crippen molar-refractivity contribution in [2.45, 2.75) is 18.8 Å². The fraction of sp³-hybridized carbons (Fsp3) is 0.333. The normalized spacial score (nSPS) is 19.4. The standard InChI is InChI=1S/C15H16N2O2/c18-15(14-9-16-11-19-14)17-8-4-7-13(10-17)12-5-2-1-3-6-12/h1-3,5-6,9,11,13H,4,7-8,10H2. The molecule has 0 saturated carbocycles. The van der Waals surface area contributed by atoms with Crippen LogP contribution in [-0.2, 0) is 0 Å². The molecule has 4 heteroatoms. The van der Waals surface area contributed by atoms with Crippen molar-refractivity contribution in [3.05, 3.63) is 54.2 Å². The minimum absolute atomic E-state index is 0.0573. The topological polar surface area (TPSA) is 46.3 Å². The summed E-state index contributed by atoms with van der Waals surface area (Å²) in [5, 5.41) is 0. The summed E-state index contributed by atoms with van der Waals surface area (Å²) in [6, 6.07) is 10.4. The average molecular weight is 256 g/mol. The molecule has 1 aliphatic rings. The molecule has 0 radical (unpaired) electrons. The Morgan fingerprint density at radius 3 is 2.89 bits per heavy atom. The summed E-state index contributed by atoms with van der Waals surface area (Å²) in [7, 11) is 0. The number of benzene rings is 1. The van der Waals surface area contributed by atoms with Crippen molar-refractivity contribution < 1.29 is 9.21 Å². The number of carbonyl (C=O) groups is 1. The van der Waals surface area contributed by atoms with Crippen LogP contribution in [0.2, 0.25) is 0 Å². The smallest absolute Gasteiger partial charge is 0.291 e. The van der Waals surface area contributed by atoms with E-state index < -0.39 is 0 Å². The second kappa shape index (κ2) is 5.26. The van der Waals surface area contributed by atoms with Gasteiger partial charge in [0.1, 0.15) is 0 Å². The van der Waals surface area contributed by atoms with Crippen LogP contribution in [0.15, 0.2) is 47.3 Å². The van der Waals surface area contributed by atoms with Crippen molar-refractivity contribution in [3.8, 4) is 0 Å². The molecule has 1 unspecified atom stereocenters. The van der Waals surface area contributed by atoms with Gasteiger partial charge in [-0.2, -0.15) is 0 Å². The van der Waals surface area contributed by atoms with Crippen molar-refractivity contribution in [2.75, 3.05) is 13.1 Å². The number of oxazole rings is 1. The van der Waals surface area contributed by atoms with Gasteiger partial charge >= 0.3 is 0 Å². The third-order valence-corrected chi connectivity index (χ3v) is 3.62. The fourth-order valence-corrected chi connectivity index (χ4v) is 2.64. The van der Waals surface area contributed by atoms with E-state index in [2.05, 4.69) is 17.1 Å². The number of hydrogen-bond donors (Lipinski definition) is 0. The van der Waals surface area contributed by atoms with E-state index in [4.69, 9.17) is 4.42 Å². The molecule has 98 valence electrons.